The number of hydrogen-bond donors (Lipinski definition) is 2. The van der Waals surface area contributed by atoms with Crippen LogP contribution in [0.3, 0.4) is 0 Å². The zero-order valence-corrected chi connectivity index (χ0v) is 10.9. The summed E-state index contributed by atoms with van der Waals surface area (Å²) in [6.07, 6.45) is 4.59. The van der Waals surface area contributed by atoms with E-state index in [0.29, 0.717) is 29.2 Å². The molecule has 0 aliphatic heterocycles. The quantitative estimate of drug-likeness (QED) is 0.860. The van der Waals surface area contributed by atoms with Crippen LogP contribution in [0.1, 0.15) is 65.4 Å². The van der Waals surface area contributed by atoms with Gasteiger partial charge >= 0.3 is 0 Å². The molecular formula is C13H15N5O2. The van der Waals surface area contributed by atoms with Crippen LogP contribution in [0.2, 0.25) is 0 Å². The summed E-state index contributed by atoms with van der Waals surface area (Å²) in [6, 6.07) is 1.82. The predicted molar refractivity (Wildman–Crippen MR) is 68.0 cm³/mol. The number of carbonyl (C=O) groups is 1. The van der Waals surface area contributed by atoms with Crippen molar-refractivity contribution in [2.24, 2.45) is 0 Å². The Labute approximate surface area is 115 Å². The summed E-state index contributed by atoms with van der Waals surface area (Å²) in [5.41, 5.74) is 1.46. The van der Waals surface area contributed by atoms with E-state index in [9.17, 15) is 4.79 Å². The van der Waals surface area contributed by atoms with Gasteiger partial charge < -0.3 is 9.84 Å². The number of aromatic nitrogens is 4. The second kappa shape index (κ2) is 4.43. The van der Waals surface area contributed by atoms with Crippen molar-refractivity contribution < 1.29 is 9.32 Å². The number of nitrogens with one attached hydrogen (secondary N) is 2. The Morgan fingerprint density at radius 3 is 2.90 bits per heavy atom. The summed E-state index contributed by atoms with van der Waals surface area (Å²) in [6.45, 7) is 0.265. The van der Waals surface area contributed by atoms with Gasteiger partial charge in [-0.3, -0.25) is 9.89 Å². The van der Waals surface area contributed by atoms with Gasteiger partial charge in [-0.05, 0) is 31.7 Å². The summed E-state index contributed by atoms with van der Waals surface area (Å²) >= 11 is 0. The summed E-state index contributed by atoms with van der Waals surface area (Å²) in [4.78, 5) is 16.2. The zero-order chi connectivity index (χ0) is 13.5. The van der Waals surface area contributed by atoms with Gasteiger partial charge in [-0.25, -0.2) is 0 Å². The molecule has 1 amide bonds. The highest BCUT2D eigenvalue weighted by molar-refractivity contribution is 5.92. The van der Waals surface area contributed by atoms with Gasteiger partial charge in [0.1, 0.15) is 5.69 Å². The van der Waals surface area contributed by atoms with Crippen molar-refractivity contribution in [3.05, 3.63) is 29.2 Å². The molecule has 2 N–H and O–H groups in total. The normalized spacial score (nSPS) is 18.2. The molecule has 2 aliphatic rings. The molecule has 0 aromatic carbocycles. The largest absolute Gasteiger partial charge is 0.343 e. The second-order valence-corrected chi connectivity index (χ2v) is 5.49. The van der Waals surface area contributed by atoms with Crippen molar-refractivity contribution >= 4 is 5.91 Å². The van der Waals surface area contributed by atoms with E-state index in [1.807, 2.05) is 6.07 Å². The lowest BCUT2D eigenvalue weighted by Gasteiger charge is -1.97. The summed E-state index contributed by atoms with van der Waals surface area (Å²) < 4.78 is 5.14. The first-order valence-electron chi connectivity index (χ1n) is 6.95. The van der Waals surface area contributed by atoms with Gasteiger partial charge in [-0.15, -0.1) is 0 Å². The number of carbonyl (C=O) groups excluding carboxylic acids is 1. The number of H-pyrrole nitrogens is 1. The third kappa shape index (κ3) is 2.31. The molecule has 104 valence electrons. The van der Waals surface area contributed by atoms with Gasteiger partial charge in [0.25, 0.3) is 5.91 Å². The van der Waals surface area contributed by atoms with Gasteiger partial charge in [0, 0.05) is 17.5 Å². The lowest BCUT2D eigenvalue weighted by Crippen LogP contribution is -2.23. The maximum Gasteiger partial charge on any atom is 0.272 e. The molecule has 2 fully saturated rings. The van der Waals surface area contributed by atoms with Crippen molar-refractivity contribution in [1.82, 2.24) is 25.7 Å². The Balaban J connectivity index is 1.36. The third-order valence-corrected chi connectivity index (χ3v) is 3.66. The average Bonchev–Trinajstić information content (AvgIpc) is 3.39. The molecule has 7 heteroatoms. The van der Waals surface area contributed by atoms with Crippen LogP contribution in [0.5, 0.6) is 0 Å². The van der Waals surface area contributed by atoms with Crippen molar-refractivity contribution in [3.8, 4) is 0 Å². The first kappa shape index (κ1) is 11.6. The van der Waals surface area contributed by atoms with Crippen LogP contribution in [0.25, 0.3) is 0 Å². The SMILES string of the molecule is O=C(NCc1noc(C2CC2)n1)c1cc(C2CC2)[nH]n1. The van der Waals surface area contributed by atoms with Crippen LogP contribution in [0, 0.1) is 0 Å². The molecule has 2 aliphatic carbocycles. The molecule has 2 aromatic rings. The lowest BCUT2D eigenvalue weighted by atomic mass is 10.2. The molecule has 2 saturated carbocycles. The number of rotatable bonds is 5. The lowest BCUT2D eigenvalue weighted by molar-refractivity contribution is 0.0944. The van der Waals surface area contributed by atoms with E-state index in [1.54, 1.807) is 0 Å². The van der Waals surface area contributed by atoms with Crippen molar-refractivity contribution in [3.63, 3.8) is 0 Å². The molecule has 0 radical (unpaired) electrons. The molecule has 2 aromatic heterocycles. The summed E-state index contributed by atoms with van der Waals surface area (Å²) in [7, 11) is 0. The minimum absolute atomic E-state index is 0.217. The number of hydrogen-bond acceptors (Lipinski definition) is 5. The van der Waals surface area contributed by atoms with Crippen LogP contribution < -0.4 is 5.32 Å². The van der Waals surface area contributed by atoms with Gasteiger partial charge in [0.2, 0.25) is 5.89 Å². The molecule has 7 nitrogen and oxygen atoms in total. The molecule has 0 spiro atoms. The topological polar surface area (TPSA) is 96.7 Å². The van der Waals surface area contributed by atoms with E-state index in [1.165, 1.54) is 12.8 Å². The van der Waals surface area contributed by atoms with E-state index in [-0.39, 0.29) is 12.5 Å². The Morgan fingerprint density at radius 1 is 1.35 bits per heavy atom. The van der Waals surface area contributed by atoms with Crippen LogP contribution in [0.4, 0.5) is 0 Å². The molecular weight excluding hydrogens is 258 g/mol. The van der Waals surface area contributed by atoms with Crippen molar-refractivity contribution in [1.29, 1.82) is 0 Å². The van der Waals surface area contributed by atoms with Crippen LogP contribution >= 0.6 is 0 Å². The molecule has 2 heterocycles. The molecule has 0 bridgehead atoms. The molecule has 20 heavy (non-hydrogen) atoms. The fourth-order valence-corrected chi connectivity index (χ4v) is 2.14. The maximum atomic E-state index is 11.9. The molecule has 0 saturated heterocycles. The Morgan fingerprint density at radius 2 is 2.15 bits per heavy atom. The highest BCUT2D eigenvalue weighted by Crippen LogP contribution is 2.39. The predicted octanol–water partition coefficient (Wildman–Crippen LogP) is 1.48. The molecule has 0 unspecified atom stereocenters. The average molecular weight is 273 g/mol. The molecule has 4 rings (SSSR count). The van der Waals surface area contributed by atoms with E-state index in [0.717, 1.165) is 18.5 Å². The smallest absolute Gasteiger partial charge is 0.272 e. The fourth-order valence-electron chi connectivity index (χ4n) is 2.14. The summed E-state index contributed by atoms with van der Waals surface area (Å²) in [5, 5.41) is 13.6. The van der Waals surface area contributed by atoms with E-state index < -0.39 is 0 Å². The van der Waals surface area contributed by atoms with Crippen LogP contribution in [-0.4, -0.2) is 26.2 Å². The highest BCUT2D eigenvalue weighted by atomic mass is 16.5. The fraction of sp³-hybridized carbons (Fsp3) is 0.538. The monoisotopic (exact) mass is 273 g/mol. The third-order valence-electron chi connectivity index (χ3n) is 3.66. The minimum Gasteiger partial charge on any atom is -0.343 e. The standard InChI is InChI=1S/C13H15N5O2/c19-12(10-5-9(16-17-10)7-1-2-7)14-6-11-15-13(20-18-11)8-3-4-8/h5,7-8H,1-4,6H2,(H,14,19)(H,16,17). The van der Waals surface area contributed by atoms with Crippen molar-refractivity contribution in [2.45, 2.75) is 44.1 Å². The van der Waals surface area contributed by atoms with Gasteiger partial charge in [-0.2, -0.15) is 10.1 Å². The van der Waals surface area contributed by atoms with Crippen LogP contribution in [-0.2, 0) is 6.54 Å². The first-order valence-corrected chi connectivity index (χ1v) is 6.95. The van der Waals surface area contributed by atoms with Gasteiger partial charge in [-0.1, -0.05) is 5.16 Å². The number of nitrogens with zero attached hydrogens (tertiary/aromatic N) is 3. The van der Waals surface area contributed by atoms with E-state index >= 15 is 0 Å². The second-order valence-electron chi connectivity index (χ2n) is 5.49. The minimum atomic E-state index is -0.217. The zero-order valence-electron chi connectivity index (χ0n) is 10.9. The Kier molecular flexibility index (Phi) is 2.58. The van der Waals surface area contributed by atoms with E-state index in [4.69, 9.17) is 4.52 Å². The van der Waals surface area contributed by atoms with E-state index in [2.05, 4.69) is 25.7 Å². The Hall–Kier alpha value is -2.18. The number of amides is 1. The molecule has 0 atom stereocenters. The first-order chi connectivity index (χ1) is 9.79. The van der Waals surface area contributed by atoms with Crippen molar-refractivity contribution in [2.75, 3.05) is 0 Å². The number of aromatic amines is 1. The Bertz CT molecular complexity index is 639. The van der Waals surface area contributed by atoms with Gasteiger partial charge in [0.05, 0.1) is 6.54 Å². The van der Waals surface area contributed by atoms with Gasteiger partial charge in [0.15, 0.2) is 5.82 Å². The highest BCUT2D eigenvalue weighted by Gasteiger charge is 2.29. The summed E-state index contributed by atoms with van der Waals surface area (Å²) in [5.74, 6) is 1.97. The van der Waals surface area contributed by atoms with Crippen LogP contribution in [0.15, 0.2) is 10.6 Å². The maximum absolute atomic E-state index is 11.9.